The Morgan fingerprint density at radius 1 is 1.26 bits per heavy atom. The van der Waals surface area contributed by atoms with Gasteiger partial charge in [0, 0.05) is 49.2 Å². The number of allylic oxidation sites excluding steroid dienone is 4. The second kappa shape index (κ2) is 7.34. The molecule has 0 radical (unpaired) electrons. The lowest BCUT2D eigenvalue weighted by atomic mass is 9.80. The summed E-state index contributed by atoms with van der Waals surface area (Å²) in [5.74, 6) is 0.597. The fourth-order valence-electron chi connectivity index (χ4n) is 3.66. The third-order valence-electron chi connectivity index (χ3n) is 4.54. The van der Waals surface area contributed by atoms with Crippen LogP contribution in [0.15, 0.2) is 33.9 Å². The Bertz CT molecular complexity index is 604. The van der Waals surface area contributed by atoms with E-state index in [1.54, 1.807) is 0 Å². The molecule has 2 aliphatic rings. The van der Waals surface area contributed by atoms with Crippen LogP contribution < -0.4 is 5.26 Å². The lowest BCUT2D eigenvalue weighted by molar-refractivity contribution is -0.777. The highest BCUT2D eigenvalue weighted by molar-refractivity contribution is 7.94. The van der Waals surface area contributed by atoms with E-state index in [0.29, 0.717) is 5.75 Å². The molecule has 128 valence electrons. The van der Waals surface area contributed by atoms with Gasteiger partial charge in [0.25, 0.3) is 0 Å². The first kappa shape index (κ1) is 18.5. The standard InChI is InChI=1S/C18H27NO3S/c1-12(2)15-8-7-9-19-17(15)16(13(3)4)14(10-18(19,5)6)11-23-22-21-20/h10H,7-9,11H2,1-6H3. The quantitative estimate of drug-likeness (QED) is 0.259. The normalized spacial score (nSPS) is 20.4. The average molecular weight is 337 g/mol. The molecule has 0 N–H and O–H groups in total. The Morgan fingerprint density at radius 3 is 2.52 bits per heavy atom. The number of nitrogens with zero attached hydrogens (tertiary/aromatic N) is 1. The van der Waals surface area contributed by atoms with Crippen LogP contribution in [0.25, 0.3) is 0 Å². The van der Waals surface area contributed by atoms with Gasteiger partial charge in [0.15, 0.2) is 5.54 Å². The fourth-order valence-corrected chi connectivity index (χ4v) is 4.11. The average Bonchev–Trinajstić information content (AvgIpc) is 2.46. The molecule has 2 heterocycles. The topological polar surface area (TPSA) is 44.5 Å². The Kier molecular flexibility index (Phi) is 5.89. The third kappa shape index (κ3) is 3.79. The number of rotatable bonds is 4. The Labute approximate surface area is 143 Å². The van der Waals surface area contributed by atoms with Crippen LogP contribution in [0.4, 0.5) is 0 Å². The molecule has 0 bridgehead atoms. The number of hydrogen-bond acceptors (Lipinski definition) is 4. The molecule has 0 unspecified atom stereocenters. The number of hydrogen-bond donors (Lipinski definition) is 0. The first-order valence-electron chi connectivity index (χ1n) is 8.09. The van der Waals surface area contributed by atoms with Gasteiger partial charge in [-0.1, -0.05) is 11.1 Å². The Hall–Kier alpha value is -0.880. The van der Waals surface area contributed by atoms with E-state index < -0.39 is 0 Å². The van der Waals surface area contributed by atoms with Gasteiger partial charge in [0.05, 0.1) is 0 Å². The highest BCUT2D eigenvalue weighted by atomic mass is 32.2. The summed E-state index contributed by atoms with van der Waals surface area (Å²) in [6, 6.07) is 0. The minimum atomic E-state index is -0.0520. The summed E-state index contributed by atoms with van der Waals surface area (Å²) in [4.78, 5) is 0. The van der Waals surface area contributed by atoms with Gasteiger partial charge in [-0.05, 0) is 45.8 Å². The molecule has 0 saturated heterocycles. The van der Waals surface area contributed by atoms with Gasteiger partial charge < -0.3 is 5.26 Å². The maximum absolute atomic E-state index is 10.1. The van der Waals surface area contributed by atoms with Crippen molar-refractivity contribution in [3.8, 4) is 0 Å². The van der Waals surface area contributed by atoms with Crippen LogP contribution in [-0.2, 0) is 9.37 Å². The van der Waals surface area contributed by atoms with Gasteiger partial charge in [-0.2, -0.15) is 4.33 Å². The zero-order valence-corrected chi connectivity index (χ0v) is 15.8. The molecule has 5 heteroatoms. The molecule has 0 saturated carbocycles. The molecule has 0 aromatic carbocycles. The highest BCUT2D eigenvalue weighted by Gasteiger charge is 2.42. The molecule has 4 nitrogen and oxygen atoms in total. The summed E-state index contributed by atoms with van der Waals surface area (Å²) in [7, 11) is 0. The van der Waals surface area contributed by atoms with Crippen molar-refractivity contribution in [3.05, 3.63) is 33.9 Å². The molecule has 2 rings (SSSR count). The minimum absolute atomic E-state index is 0.0520. The van der Waals surface area contributed by atoms with Gasteiger partial charge in [0.1, 0.15) is 6.54 Å². The molecule has 0 aromatic heterocycles. The van der Waals surface area contributed by atoms with Gasteiger partial charge in [-0.25, -0.2) is 4.58 Å². The van der Waals surface area contributed by atoms with Crippen molar-refractivity contribution in [2.24, 2.45) is 0 Å². The van der Waals surface area contributed by atoms with Crippen LogP contribution >= 0.6 is 12.0 Å². The van der Waals surface area contributed by atoms with Gasteiger partial charge in [-0.15, -0.1) is 0 Å². The zero-order chi connectivity index (χ0) is 17.2. The maximum atomic E-state index is 10.1. The first-order valence-corrected chi connectivity index (χ1v) is 9.00. The smallest absolute Gasteiger partial charge is 0.211 e. The molecule has 23 heavy (non-hydrogen) atoms. The second-order valence-electron chi connectivity index (χ2n) is 7.18. The molecular weight excluding hydrogens is 310 g/mol. The summed E-state index contributed by atoms with van der Waals surface area (Å²) >= 11 is 1.05. The summed E-state index contributed by atoms with van der Waals surface area (Å²) in [5.41, 5.74) is 7.94. The van der Waals surface area contributed by atoms with E-state index in [4.69, 9.17) is 0 Å². The van der Waals surface area contributed by atoms with Gasteiger partial charge >= 0.3 is 0 Å². The van der Waals surface area contributed by atoms with E-state index in [0.717, 1.165) is 25.0 Å². The maximum Gasteiger partial charge on any atom is 0.211 e. The summed E-state index contributed by atoms with van der Waals surface area (Å²) in [6.07, 6.45) is 4.62. The molecule has 0 spiro atoms. The van der Waals surface area contributed by atoms with E-state index in [2.05, 4.69) is 61.6 Å². The summed E-state index contributed by atoms with van der Waals surface area (Å²) in [6.45, 7) is 14.3. The van der Waals surface area contributed by atoms with Crippen LogP contribution in [-0.4, -0.2) is 28.1 Å². The molecule has 0 fully saturated rings. The predicted molar refractivity (Wildman–Crippen MR) is 92.9 cm³/mol. The van der Waals surface area contributed by atoms with Crippen molar-refractivity contribution in [2.75, 3.05) is 12.3 Å². The first-order chi connectivity index (χ1) is 10.8. The molecule has 2 aliphatic heterocycles. The van der Waals surface area contributed by atoms with Gasteiger partial charge in [-0.3, -0.25) is 5.04 Å². The van der Waals surface area contributed by atoms with Crippen molar-refractivity contribution in [1.82, 2.24) is 0 Å². The summed E-state index contributed by atoms with van der Waals surface area (Å²) in [5, 5.41) is 13.6. The van der Waals surface area contributed by atoms with E-state index >= 15 is 0 Å². The molecule has 0 aliphatic carbocycles. The second-order valence-corrected chi connectivity index (χ2v) is 7.84. The summed E-state index contributed by atoms with van der Waals surface area (Å²) < 4.78 is 7.03. The van der Waals surface area contributed by atoms with E-state index in [9.17, 15) is 5.26 Å². The predicted octanol–water partition coefficient (Wildman–Crippen LogP) is 3.50. The van der Waals surface area contributed by atoms with Crippen LogP contribution in [0.1, 0.15) is 54.4 Å². The van der Waals surface area contributed by atoms with Crippen LogP contribution in [0.5, 0.6) is 0 Å². The molecule has 0 aromatic rings. The van der Waals surface area contributed by atoms with Crippen molar-refractivity contribution < 1.29 is 19.2 Å². The van der Waals surface area contributed by atoms with Crippen molar-refractivity contribution in [1.29, 1.82) is 0 Å². The van der Waals surface area contributed by atoms with Crippen LogP contribution in [0, 0.1) is 0 Å². The Balaban J connectivity index is 2.58. The lowest BCUT2D eigenvalue weighted by Crippen LogP contribution is -2.46. The highest BCUT2D eigenvalue weighted by Crippen LogP contribution is 2.37. The molecule has 0 atom stereocenters. The van der Waals surface area contributed by atoms with Crippen molar-refractivity contribution in [3.63, 3.8) is 0 Å². The van der Waals surface area contributed by atoms with Crippen LogP contribution in [0.2, 0.25) is 0 Å². The largest absolute Gasteiger partial charge is 0.691 e. The van der Waals surface area contributed by atoms with Crippen LogP contribution in [0.3, 0.4) is 0 Å². The Morgan fingerprint density at radius 2 is 1.96 bits per heavy atom. The van der Waals surface area contributed by atoms with Crippen molar-refractivity contribution >= 4 is 17.8 Å². The molecule has 0 amide bonds. The zero-order valence-electron chi connectivity index (χ0n) is 15.0. The lowest BCUT2D eigenvalue weighted by Gasteiger charge is -2.34. The minimum Gasteiger partial charge on any atom is -0.691 e. The fraction of sp³-hybridized carbons (Fsp3) is 0.611. The SMILES string of the molecule is CC(C)=C1CCC[N+]2=C1C(=C(C)C)C(CSOO[O-])=CC2(C)C. The van der Waals surface area contributed by atoms with Crippen molar-refractivity contribution in [2.45, 2.75) is 59.9 Å². The van der Waals surface area contributed by atoms with Gasteiger partial charge in [0.2, 0.25) is 5.71 Å². The van der Waals surface area contributed by atoms with E-state index in [1.807, 2.05) is 0 Å². The monoisotopic (exact) mass is 337 g/mol. The molecular formula is C18H27NO3S. The van der Waals surface area contributed by atoms with E-state index in [1.165, 1.54) is 40.0 Å². The third-order valence-corrected chi connectivity index (χ3v) is 5.12. The van der Waals surface area contributed by atoms with E-state index in [-0.39, 0.29) is 5.54 Å².